The summed E-state index contributed by atoms with van der Waals surface area (Å²) in [5.41, 5.74) is 0. The molecule has 0 amide bonds. The normalized spacial score (nSPS) is 9.90. The second kappa shape index (κ2) is 3.34. The van der Waals surface area contributed by atoms with Gasteiger partial charge in [0.1, 0.15) is 0 Å². The molecule has 0 saturated carbocycles. The number of halogens is 2. The van der Waals surface area contributed by atoms with Crippen LogP contribution in [-0.4, -0.2) is 11.2 Å². The van der Waals surface area contributed by atoms with Crippen LogP contribution >= 0.6 is 27.7 Å². The van der Waals surface area contributed by atoms with E-state index in [9.17, 15) is 4.39 Å². The molecule has 4 heteroatoms. The zero-order valence-electron chi connectivity index (χ0n) is 5.27. The van der Waals surface area contributed by atoms with Crippen molar-refractivity contribution in [1.82, 2.24) is 4.98 Å². The van der Waals surface area contributed by atoms with Crippen molar-refractivity contribution >= 4 is 27.7 Å². The van der Waals surface area contributed by atoms with Gasteiger partial charge in [-0.05, 0) is 22.2 Å². The van der Waals surface area contributed by atoms with Crippen molar-refractivity contribution in [3.63, 3.8) is 0 Å². The largest absolute Gasteiger partial charge is 0.227 e. The highest BCUT2D eigenvalue weighted by Crippen LogP contribution is 2.24. The standard InChI is InChI=1S/C6H5BrFNS/c1-10-5-2-6(8)9-3-4(5)7/h2-3H,1H3. The maximum Gasteiger partial charge on any atom is 0.213 e. The number of thioether (sulfide) groups is 1. The van der Waals surface area contributed by atoms with Crippen molar-refractivity contribution in [3.05, 3.63) is 22.7 Å². The molecule has 0 unspecified atom stereocenters. The summed E-state index contributed by atoms with van der Waals surface area (Å²) in [5, 5.41) is 0. The van der Waals surface area contributed by atoms with E-state index in [1.807, 2.05) is 6.26 Å². The fraction of sp³-hybridized carbons (Fsp3) is 0.167. The van der Waals surface area contributed by atoms with Crippen molar-refractivity contribution in [3.8, 4) is 0 Å². The summed E-state index contributed by atoms with van der Waals surface area (Å²) < 4.78 is 13.2. The molecule has 1 nitrogen and oxygen atoms in total. The minimum absolute atomic E-state index is 0.437. The molecule has 0 aromatic carbocycles. The molecule has 0 atom stereocenters. The van der Waals surface area contributed by atoms with Crippen molar-refractivity contribution in [2.24, 2.45) is 0 Å². The van der Waals surface area contributed by atoms with E-state index in [1.54, 1.807) is 0 Å². The van der Waals surface area contributed by atoms with Gasteiger partial charge in [-0.2, -0.15) is 4.39 Å². The molecule has 1 rings (SSSR count). The van der Waals surface area contributed by atoms with Crippen LogP contribution < -0.4 is 0 Å². The summed E-state index contributed by atoms with van der Waals surface area (Å²) in [5.74, 6) is -0.437. The topological polar surface area (TPSA) is 12.9 Å². The van der Waals surface area contributed by atoms with Gasteiger partial charge < -0.3 is 0 Å². The van der Waals surface area contributed by atoms with Gasteiger partial charge in [0.05, 0.1) is 0 Å². The van der Waals surface area contributed by atoms with E-state index in [0.29, 0.717) is 0 Å². The third-order valence-corrected chi connectivity index (χ3v) is 2.68. The van der Waals surface area contributed by atoms with E-state index in [1.165, 1.54) is 24.0 Å². The maximum atomic E-state index is 12.4. The van der Waals surface area contributed by atoms with Crippen LogP contribution in [-0.2, 0) is 0 Å². The molecule has 0 aliphatic carbocycles. The first-order valence-corrected chi connectivity index (χ1v) is 4.61. The lowest BCUT2D eigenvalue weighted by molar-refractivity contribution is 0.579. The Balaban J connectivity index is 3.09. The lowest BCUT2D eigenvalue weighted by Gasteiger charge is -1.97. The molecule has 0 bridgehead atoms. The van der Waals surface area contributed by atoms with Crippen LogP contribution in [0.15, 0.2) is 21.6 Å². The number of hydrogen-bond donors (Lipinski definition) is 0. The van der Waals surface area contributed by atoms with Crippen LogP contribution in [0.1, 0.15) is 0 Å². The van der Waals surface area contributed by atoms with Crippen molar-refractivity contribution in [2.45, 2.75) is 4.90 Å². The fourth-order valence-electron chi connectivity index (χ4n) is 0.553. The van der Waals surface area contributed by atoms with E-state index in [2.05, 4.69) is 20.9 Å². The Bertz CT molecular complexity index is 241. The number of rotatable bonds is 1. The molecule has 0 fully saturated rings. The summed E-state index contributed by atoms with van der Waals surface area (Å²) in [6.07, 6.45) is 3.35. The summed E-state index contributed by atoms with van der Waals surface area (Å²) in [7, 11) is 0. The Hall–Kier alpha value is -0.0900. The van der Waals surface area contributed by atoms with E-state index in [0.717, 1.165) is 9.37 Å². The van der Waals surface area contributed by atoms with Gasteiger partial charge >= 0.3 is 0 Å². The minimum atomic E-state index is -0.437. The minimum Gasteiger partial charge on any atom is -0.227 e. The van der Waals surface area contributed by atoms with Crippen LogP contribution in [0.2, 0.25) is 0 Å². The van der Waals surface area contributed by atoms with Gasteiger partial charge in [0.25, 0.3) is 0 Å². The summed E-state index contributed by atoms with van der Waals surface area (Å²) >= 11 is 4.72. The molecule has 54 valence electrons. The smallest absolute Gasteiger partial charge is 0.213 e. The second-order valence-corrected chi connectivity index (χ2v) is 3.34. The first-order chi connectivity index (χ1) is 4.74. The number of nitrogens with zero attached hydrogens (tertiary/aromatic N) is 1. The Kier molecular flexibility index (Phi) is 2.68. The SMILES string of the molecule is CSc1cc(F)ncc1Br. The van der Waals surface area contributed by atoms with Gasteiger partial charge in [-0.15, -0.1) is 11.8 Å². The lowest BCUT2D eigenvalue weighted by Crippen LogP contribution is -1.82. The molecule has 1 heterocycles. The predicted molar refractivity (Wildman–Crippen MR) is 43.7 cm³/mol. The van der Waals surface area contributed by atoms with Crippen LogP contribution in [0.25, 0.3) is 0 Å². The van der Waals surface area contributed by atoms with Crippen LogP contribution in [0, 0.1) is 5.95 Å². The summed E-state index contributed by atoms with van der Waals surface area (Å²) in [6, 6.07) is 1.40. The Labute approximate surface area is 71.2 Å². The molecule has 0 aliphatic heterocycles. The van der Waals surface area contributed by atoms with Gasteiger partial charge in [-0.25, -0.2) is 4.98 Å². The van der Waals surface area contributed by atoms with E-state index in [-0.39, 0.29) is 0 Å². The van der Waals surface area contributed by atoms with Gasteiger partial charge in [-0.1, -0.05) is 0 Å². The summed E-state index contributed by atoms with van der Waals surface area (Å²) in [4.78, 5) is 4.33. The maximum absolute atomic E-state index is 12.4. The molecular formula is C6H5BrFNS. The van der Waals surface area contributed by atoms with E-state index in [4.69, 9.17) is 0 Å². The van der Waals surface area contributed by atoms with Crippen LogP contribution in [0.5, 0.6) is 0 Å². The van der Waals surface area contributed by atoms with E-state index < -0.39 is 5.95 Å². The van der Waals surface area contributed by atoms with E-state index >= 15 is 0 Å². The Morgan fingerprint density at radius 3 is 2.90 bits per heavy atom. The third-order valence-electron chi connectivity index (χ3n) is 1.01. The molecule has 0 N–H and O–H groups in total. The van der Waals surface area contributed by atoms with Gasteiger partial charge in [-0.3, -0.25) is 0 Å². The number of hydrogen-bond acceptors (Lipinski definition) is 2. The highest BCUT2D eigenvalue weighted by atomic mass is 79.9. The second-order valence-electron chi connectivity index (χ2n) is 1.64. The molecule has 10 heavy (non-hydrogen) atoms. The first kappa shape index (κ1) is 8.01. The molecule has 1 aromatic rings. The molecule has 0 radical (unpaired) electrons. The van der Waals surface area contributed by atoms with Crippen molar-refractivity contribution < 1.29 is 4.39 Å². The monoisotopic (exact) mass is 221 g/mol. The van der Waals surface area contributed by atoms with Gasteiger partial charge in [0.2, 0.25) is 5.95 Å². The molecule has 0 spiro atoms. The molecular weight excluding hydrogens is 217 g/mol. The van der Waals surface area contributed by atoms with Gasteiger partial charge in [0.15, 0.2) is 0 Å². The number of pyridine rings is 1. The molecule has 0 aliphatic rings. The van der Waals surface area contributed by atoms with Crippen LogP contribution in [0.3, 0.4) is 0 Å². The average molecular weight is 222 g/mol. The lowest BCUT2D eigenvalue weighted by atomic mass is 10.5. The Morgan fingerprint density at radius 2 is 2.40 bits per heavy atom. The van der Waals surface area contributed by atoms with Crippen LogP contribution in [0.4, 0.5) is 4.39 Å². The highest BCUT2D eigenvalue weighted by Gasteiger charge is 1.99. The summed E-state index contributed by atoms with van der Waals surface area (Å²) in [6.45, 7) is 0. The van der Waals surface area contributed by atoms with Gasteiger partial charge in [0, 0.05) is 21.6 Å². The zero-order valence-corrected chi connectivity index (χ0v) is 7.67. The average Bonchev–Trinajstić information content (AvgIpc) is 1.94. The van der Waals surface area contributed by atoms with Crippen molar-refractivity contribution in [2.75, 3.05) is 6.26 Å². The molecule has 0 saturated heterocycles. The quantitative estimate of drug-likeness (QED) is 0.535. The predicted octanol–water partition coefficient (Wildman–Crippen LogP) is 2.71. The third kappa shape index (κ3) is 1.70. The highest BCUT2D eigenvalue weighted by molar-refractivity contribution is 9.10. The number of aromatic nitrogens is 1. The first-order valence-electron chi connectivity index (χ1n) is 2.59. The Morgan fingerprint density at radius 1 is 1.70 bits per heavy atom. The van der Waals surface area contributed by atoms with Crippen molar-refractivity contribution in [1.29, 1.82) is 0 Å². The zero-order chi connectivity index (χ0) is 7.56. The molecule has 1 aromatic heterocycles. The fourth-order valence-corrected chi connectivity index (χ4v) is 1.72.